The van der Waals surface area contributed by atoms with Crippen LogP contribution >= 0.6 is 11.3 Å². The molecule has 0 atom stereocenters. The number of aryl methyl sites for hydroxylation is 1. The molecule has 0 spiro atoms. The number of rotatable bonds is 7. The molecule has 2 aromatic carbocycles. The molecule has 0 saturated carbocycles. The summed E-state index contributed by atoms with van der Waals surface area (Å²) in [6.45, 7) is 1.42. The zero-order valence-electron chi connectivity index (χ0n) is 15.8. The molecular formula is C21H18N2O5S. The summed E-state index contributed by atoms with van der Waals surface area (Å²) >= 11 is 1.03. The first kappa shape index (κ1) is 20.2. The molecule has 3 aromatic rings. The van der Waals surface area contributed by atoms with Gasteiger partial charge in [-0.2, -0.15) is 0 Å². The fourth-order valence-corrected chi connectivity index (χ4v) is 3.40. The van der Waals surface area contributed by atoms with Gasteiger partial charge in [-0.1, -0.05) is 41.7 Å². The van der Waals surface area contributed by atoms with Gasteiger partial charge >= 0.3 is 5.97 Å². The number of ether oxygens (including phenoxy) is 2. The van der Waals surface area contributed by atoms with Crippen molar-refractivity contribution in [3.05, 3.63) is 76.3 Å². The van der Waals surface area contributed by atoms with Crippen molar-refractivity contribution in [3.8, 4) is 5.75 Å². The van der Waals surface area contributed by atoms with Gasteiger partial charge in [0.2, 0.25) is 0 Å². The number of nitrogens with one attached hydrogen (secondary N) is 1. The molecule has 3 rings (SSSR count). The van der Waals surface area contributed by atoms with Gasteiger partial charge in [0, 0.05) is 11.1 Å². The smallest absolute Gasteiger partial charge is 0.350 e. The number of anilines is 1. The Bertz CT molecular complexity index is 1030. The lowest BCUT2D eigenvalue weighted by Gasteiger charge is -2.07. The Kier molecular flexibility index (Phi) is 6.36. The maximum absolute atomic E-state index is 12.4. The molecule has 7 nitrogen and oxygen atoms in total. The maximum atomic E-state index is 12.4. The monoisotopic (exact) mass is 410 g/mol. The lowest BCUT2D eigenvalue weighted by atomic mass is 10.0. The molecule has 1 heterocycles. The lowest BCUT2D eigenvalue weighted by molar-refractivity contribution is -0.118. The highest BCUT2D eigenvalue weighted by Crippen LogP contribution is 2.23. The zero-order chi connectivity index (χ0) is 20.8. The van der Waals surface area contributed by atoms with E-state index in [0.29, 0.717) is 32.6 Å². The third-order valence-electron chi connectivity index (χ3n) is 3.94. The summed E-state index contributed by atoms with van der Waals surface area (Å²) in [6.07, 6.45) is 0. The van der Waals surface area contributed by atoms with Crippen LogP contribution in [0.3, 0.4) is 0 Å². The first-order chi connectivity index (χ1) is 14.0. The van der Waals surface area contributed by atoms with Crippen LogP contribution in [0.1, 0.15) is 31.3 Å². The Labute approximate surface area is 171 Å². The molecule has 0 bridgehead atoms. The van der Waals surface area contributed by atoms with E-state index in [9.17, 15) is 14.4 Å². The molecular weight excluding hydrogens is 392 g/mol. The Morgan fingerprint density at radius 2 is 1.66 bits per heavy atom. The fourth-order valence-electron chi connectivity index (χ4n) is 2.49. The van der Waals surface area contributed by atoms with Gasteiger partial charge in [0.05, 0.1) is 12.8 Å². The van der Waals surface area contributed by atoms with Crippen LogP contribution in [0.5, 0.6) is 5.75 Å². The van der Waals surface area contributed by atoms with E-state index in [4.69, 9.17) is 4.74 Å². The van der Waals surface area contributed by atoms with E-state index in [1.54, 1.807) is 55.5 Å². The highest BCUT2D eigenvalue weighted by molar-refractivity contribution is 7.17. The first-order valence-corrected chi connectivity index (χ1v) is 9.48. The molecule has 1 aromatic heterocycles. The number of carbonyl (C=O) groups is 3. The van der Waals surface area contributed by atoms with E-state index in [2.05, 4.69) is 15.0 Å². The number of hydrogen-bond donors (Lipinski definition) is 1. The Morgan fingerprint density at radius 1 is 1.00 bits per heavy atom. The van der Waals surface area contributed by atoms with Gasteiger partial charge in [-0.15, -0.1) is 0 Å². The van der Waals surface area contributed by atoms with E-state index < -0.39 is 11.9 Å². The Hall–Kier alpha value is -3.52. The van der Waals surface area contributed by atoms with Gasteiger partial charge in [0.25, 0.3) is 5.91 Å². The molecule has 1 amide bonds. The minimum Gasteiger partial charge on any atom is -0.484 e. The predicted molar refractivity (Wildman–Crippen MR) is 109 cm³/mol. The summed E-state index contributed by atoms with van der Waals surface area (Å²) < 4.78 is 10.1. The number of esters is 1. The van der Waals surface area contributed by atoms with Crippen molar-refractivity contribution in [1.29, 1.82) is 0 Å². The second kappa shape index (κ2) is 9.11. The third kappa shape index (κ3) is 5.05. The van der Waals surface area contributed by atoms with Crippen molar-refractivity contribution in [2.24, 2.45) is 0 Å². The number of benzene rings is 2. The van der Waals surface area contributed by atoms with Crippen LogP contribution in [0, 0.1) is 6.92 Å². The minimum atomic E-state index is -0.498. The standard InChI is InChI=1S/C21H18N2O5S/c1-13-19(20(26)27-2)29-21(22-13)23-17(24)12-28-16-10-8-15(9-11-16)18(25)14-6-4-3-5-7-14/h3-11H,12H2,1-2H3,(H,22,23,24). The van der Waals surface area contributed by atoms with Crippen LogP contribution in [-0.2, 0) is 9.53 Å². The Balaban J connectivity index is 1.55. The molecule has 8 heteroatoms. The second-order valence-corrected chi connectivity index (χ2v) is 6.98. The van der Waals surface area contributed by atoms with E-state index >= 15 is 0 Å². The number of aromatic nitrogens is 1. The van der Waals surface area contributed by atoms with Crippen molar-refractivity contribution in [1.82, 2.24) is 4.98 Å². The van der Waals surface area contributed by atoms with Crippen LogP contribution in [0.2, 0.25) is 0 Å². The molecule has 0 saturated heterocycles. The molecule has 1 N–H and O–H groups in total. The summed E-state index contributed by atoms with van der Waals surface area (Å²) in [5.74, 6) is -0.549. The van der Waals surface area contributed by atoms with Gasteiger partial charge in [0.15, 0.2) is 17.5 Å². The quantitative estimate of drug-likeness (QED) is 0.473. The average Bonchev–Trinajstić information content (AvgIpc) is 3.12. The summed E-state index contributed by atoms with van der Waals surface area (Å²) in [7, 11) is 1.28. The number of methoxy groups -OCH3 is 1. The molecule has 148 valence electrons. The lowest BCUT2D eigenvalue weighted by Crippen LogP contribution is -2.20. The van der Waals surface area contributed by atoms with Crippen LogP contribution in [0.15, 0.2) is 54.6 Å². The number of hydrogen-bond acceptors (Lipinski definition) is 7. The SMILES string of the molecule is COC(=O)c1sc(NC(=O)COc2ccc(C(=O)c3ccccc3)cc2)nc1C. The normalized spacial score (nSPS) is 10.3. The highest BCUT2D eigenvalue weighted by atomic mass is 32.1. The van der Waals surface area contributed by atoms with Gasteiger partial charge < -0.3 is 9.47 Å². The molecule has 0 unspecified atom stereocenters. The largest absolute Gasteiger partial charge is 0.484 e. The van der Waals surface area contributed by atoms with Crippen molar-refractivity contribution >= 4 is 34.1 Å². The van der Waals surface area contributed by atoms with Crippen LogP contribution in [0.25, 0.3) is 0 Å². The number of thiazole rings is 1. The van der Waals surface area contributed by atoms with E-state index in [1.165, 1.54) is 7.11 Å². The van der Waals surface area contributed by atoms with Gasteiger partial charge in [-0.3, -0.25) is 14.9 Å². The minimum absolute atomic E-state index is 0.0876. The van der Waals surface area contributed by atoms with Crippen LogP contribution < -0.4 is 10.1 Å². The summed E-state index contributed by atoms with van der Waals surface area (Å²) in [5, 5.41) is 2.88. The van der Waals surface area contributed by atoms with Crippen LogP contribution in [-0.4, -0.2) is 36.4 Å². The zero-order valence-corrected chi connectivity index (χ0v) is 16.6. The first-order valence-electron chi connectivity index (χ1n) is 8.66. The van der Waals surface area contributed by atoms with Crippen LogP contribution in [0.4, 0.5) is 5.13 Å². The van der Waals surface area contributed by atoms with Crippen molar-refractivity contribution in [2.45, 2.75) is 6.92 Å². The van der Waals surface area contributed by atoms with Gasteiger partial charge in [0.1, 0.15) is 10.6 Å². The third-order valence-corrected chi connectivity index (χ3v) is 4.99. The molecule has 0 aliphatic rings. The fraction of sp³-hybridized carbons (Fsp3) is 0.143. The average molecular weight is 410 g/mol. The molecule has 0 fully saturated rings. The second-order valence-electron chi connectivity index (χ2n) is 5.98. The van der Waals surface area contributed by atoms with Crippen molar-refractivity contribution < 1.29 is 23.9 Å². The maximum Gasteiger partial charge on any atom is 0.350 e. The van der Waals surface area contributed by atoms with E-state index in [-0.39, 0.29) is 12.4 Å². The van der Waals surface area contributed by atoms with Crippen molar-refractivity contribution in [3.63, 3.8) is 0 Å². The predicted octanol–water partition coefficient (Wildman–Crippen LogP) is 3.49. The van der Waals surface area contributed by atoms with Gasteiger partial charge in [-0.25, -0.2) is 9.78 Å². The summed E-state index contributed by atoms with van der Waals surface area (Å²) in [5.41, 5.74) is 1.61. The van der Waals surface area contributed by atoms with E-state index in [1.807, 2.05) is 6.07 Å². The molecule has 29 heavy (non-hydrogen) atoms. The molecule has 0 aliphatic heterocycles. The number of ketones is 1. The Morgan fingerprint density at radius 3 is 2.31 bits per heavy atom. The summed E-state index contributed by atoms with van der Waals surface area (Å²) in [6, 6.07) is 15.5. The topological polar surface area (TPSA) is 94.6 Å². The highest BCUT2D eigenvalue weighted by Gasteiger charge is 2.17. The number of carbonyl (C=O) groups excluding carboxylic acids is 3. The number of amides is 1. The van der Waals surface area contributed by atoms with Gasteiger partial charge in [-0.05, 0) is 31.2 Å². The van der Waals surface area contributed by atoms with E-state index in [0.717, 1.165) is 11.3 Å². The van der Waals surface area contributed by atoms with Crippen molar-refractivity contribution in [2.75, 3.05) is 19.0 Å². The molecule has 0 aliphatic carbocycles. The molecule has 0 radical (unpaired) electrons. The number of nitrogens with zero attached hydrogens (tertiary/aromatic N) is 1. The summed E-state index contributed by atoms with van der Waals surface area (Å²) in [4.78, 5) is 40.5.